The summed E-state index contributed by atoms with van der Waals surface area (Å²) in [4.78, 5) is 21.4. The number of tetrazole rings is 1. The Morgan fingerprint density at radius 3 is 2.24 bits per heavy atom. The fourth-order valence-corrected chi connectivity index (χ4v) is 5.34. The number of rotatable bonds is 7. The first-order valence-corrected chi connectivity index (χ1v) is 13.1. The first-order valence-electron chi connectivity index (χ1n) is 13.1. The van der Waals surface area contributed by atoms with Crippen molar-refractivity contribution < 1.29 is 0 Å². The molecule has 0 saturated carbocycles. The summed E-state index contributed by atoms with van der Waals surface area (Å²) in [5.41, 5.74) is 4.97. The Hall–Kier alpha value is -4.14. The highest BCUT2D eigenvalue weighted by molar-refractivity contribution is 5.79. The summed E-state index contributed by atoms with van der Waals surface area (Å²) in [5, 5.41) is 13.9. The van der Waals surface area contributed by atoms with E-state index in [0.717, 1.165) is 54.8 Å². The van der Waals surface area contributed by atoms with Crippen LogP contribution in [0.5, 0.6) is 0 Å². The second-order valence-corrected chi connectivity index (χ2v) is 10.0. The molecule has 8 nitrogen and oxygen atoms in total. The first kappa shape index (κ1) is 24.2. The van der Waals surface area contributed by atoms with Gasteiger partial charge in [-0.15, -0.1) is 5.10 Å². The second kappa shape index (κ2) is 10.7. The quantitative estimate of drug-likeness (QED) is 0.363. The number of aryl methyl sites for hydroxylation is 1. The zero-order chi connectivity index (χ0) is 25.9. The predicted molar refractivity (Wildman–Crippen MR) is 148 cm³/mol. The van der Waals surface area contributed by atoms with Crippen LogP contribution in [0, 0.1) is 6.92 Å². The molecule has 6 rings (SSSR count). The largest absolute Gasteiger partial charge is 0.322 e. The molecular formula is C30H31N7O. The number of fused-ring (bicyclic) bond motifs is 1. The molecule has 1 N–H and O–H groups in total. The lowest BCUT2D eigenvalue weighted by Gasteiger charge is -2.38. The highest BCUT2D eigenvalue weighted by Crippen LogP contribution is 2.28. The van der Waals surface area contributed by atoms with Crippen molar-refractivity contribution in [1.29, 1.82) is 0 Å². The molecule has 3 heterocycles. The summed E-state index contributed by atoms with van der Waals surface area (Å²) < 4.78 is 1.83. The van der Waals surface area contributed by atoms with Crippen LogP contribution in [-0.2, 0) is 13.1 Å². The van der Waals surface area contributed by atoms with Crippen LogP contribution < -0.4 is 5.56 Å². The molecule has 1 fully saturated rings. The molecule has 1 saturated heterocycles. The number of H-pyrrole nitrogens is 1. The molecule has 2 aromatic heterocycles. The van der Waals surface area contributed by atoms with Gasteiger partial charge in [-0.25, -0.2) is 4.68 Å². The minimum atomic E-state index is -0.360. The fraction of sp³-hybridized carbons (Fsp3) is 0.267. The minimum Gasteiger partial charge on any atom is -0.322 e. The molecule has 5 aromatic rings. The Morgan fingerprint density at radius 2 is 1.53 bits per heavy atom. The van der Waals surface area contributed by atoms with E-state index in [2.05, 4.69) is 79.7 Å². The number of benzene rings is 3. The van der Waals surface area contributed by atoms with E-state index in [0.29, 0.717) is 17.9 Å². The third kappa shape index (κ3) is 5.14. The molecule has 1 aliphatic heterocycles. The van der Waals surface area contributed by atoms with Crippen molar-refractivity contribution >= 4 is 10.9 Å². The van der Waals surface area contributed by atoms with Gasteiger partial charge in [-0.05, 0) is 52.1 Å². The summed E-state index contributed by atoms with van der Waals surface area (Å²) >= 11 is 0. The third-order valence-corrected chi connectivity index (χ3v) is 7.32. The molecule has 0 amide bonds. The van der Waals surface area contributed by atoms with Gasteiger partial charge in [0.05, 0.1) is 6.54 Å². The molecule has 1 unspecified atom stereocenters. The standard InChI is InChI=1S/C30H31N7O/c1-22-12-13-27-25(18-22)19-26(30(38)31-27)28(29-32-33-34-37(29)21-24-10-6-3-7-11-24)36-16-14-35(15-17-36)20-23-8-4-2-5-9-23/h2-13,18-19,28H,14-17,20-21H2,1H3,(H,31,38). The Kier molecular flexibility index (Phi) is 6.81. The normalized spacial score (nSPS) is 15.6. The maximum Gasteiger partial charge on any atom is 0.253 e. The molecule has 3 aromatic carbocycles. The number of aromatic nitrogens is 5. The monoisotopic (exact) mass is 505 g/mol. The van der Waals surface area contributed by atoms with Gasteiger partial charge in [0, 0.05) is 43.8 Å². The zero-order valence-corrected chi connectivity index (χ0v) is 21.5. The SMILES string of the molecule is Cc1ccc2[nH]c(=O)c(C(c3nnnn3Cc3ccccc3)N3CCN(Cc4ccccc4)CC3)cc2c1. The van der Waals surface area contributed by atoms with Crippen molar-refractivity contribution in [1.82, 2.24) is 35.0 Å². The lowest BCUT2D eigenvalue weighted by atomic mass is 10.0. The van der Waals surface area contributed by atoms with Gasteiger partial charge >= 0.3 is 0 Å². The van der Waals surface area contributed by atoms with Gasteiger partial charge < -0.3 is 4.98 Å². The Balaban J connectivity index is 1.35. The smallest absolute Gasteiger partial charge is 0.253 e. The Bertz CT molecular complexity index is 1570. The number of piperazine rings is 1. The van der Waals surface area contributed by atoms with Gasteiger partial charge in [-0.2, -0.15) is 0 Å². The van der Waals surface area contributed by atoms with Crippen molar-refractivity contribution in [3.63, 3.8) is 0 Å². The number of pyridine rings is 1. The van der Waals surface area contributed by atoms with Crippen LogP contribution in [-0.4, -0.2) is 61.2 Å². The molecule has 1 aliphatic rings. The Morgan fingerprint density at radius 1 is 0.842 bits per heavy atom. The molecule has 1 atom stereocenters. The molecule has 38 heavy (non-hydrogen) atoms. The molecule has 0 spiro atoms. The van der Waals surface area contributed by atoms with Crippen LogP contribution in [0.25, 0.3) is 10.9 Å². The third-order valence-electron chi connectivity index (χ3n) is 7.32. The average Bonchev–Trinajstić information content (AvgIpc) is 3.39. The van der Waals surface area contributed by atoms with Crippen LogP contribution in [0.4, 0.5) is 0 Å². The highest BCUT2D eigenvalue weighted by atomic mass is 16.1. The number of hydrogen-bond donors (Lipinski definition) is 1. The van der Waals surface area contributed by atoms with Gasteiger partial charge in [-0.1, -0.05) is 72.3 Å². The van der Waals surface area contributed by atoms with E-state index in [1.165, 1.54) is 5.56 Å². The van der Waals surface area contributed by atoms with Crippen molar-refractivity contribution in [2.45, 2.75) is 26.1 Å². The van der Waals surface area contributed by atoms with E-state index in [9.17, 15) is 4.79 Å². The lowest BCUT2D eigenvalue weighted by molar-refractivity contribution is 0.0998. The van der Waals surface area contributed by atoms with Gasteiger partial charge in [0.15, 0.2) is 5.82 Å². The maximum atomic E-state index is 13.5. The summed E-state index contributed by atoms with van der Waals surface area (Å²) in [5.74, 6) is 0.683. The highest BCUT2D eigenvalue weighted by Gasteiger charge is 2.32. The number of nitrogens with zero attached hydrogens (tertiary/aromatic N) is 6. The van der Waals surface area contributed by atoms with Crippen molar-refractivity contribution in [2.75, 3.05) is 26.2 Å². The van der Waals surface area contributed by atoms with Gasteiger partial charge in [-0.3, -0.25) is 14.6 Å². The summed E-state index contributed by atoms with van der Waals surface area (Å²) in [6, 6.07) is 28.5. The van der Waals surface area contributed by atoms with Crippen LogP contribution in [0.15, 0.2) is 89.7 Å². The molecule has 8 heteroatoms. The van der Waals surface area contributed by atoms with E-state index < -0.39 is 0 Å². The second-order valence-electron chi connectivity index (χ2n) is 10.0. The topological polar surface area (TPSA) is 82.9 Å². The maximum absolute atomic E-state index is 13.5. The van der Waals surface area contributed by atoms with E-state index in [4.69, 9.17) is 0 Å². The average molecular weight is 506 g/mol. The zero-order valence-electron chi connectivity index (χ0n) is 21.5. The van der Waals surface area contributed by atoms with E-state index in [1.54, 1.807) is 0 Å². The van der Waals surface area contributed by atoms with E-state index in [-0.39, 0.29) is 11.6 Å². The van der Waals surface area contributed by atoms with Gasteiger partial charge in [0.25, 0.3) is 5.56 Å². The first-order chi connectivity index (χ1) is 18.6. The molecule has 0 aliphatic carbocycles. The van der Waals surface area contributed by atoms with E-state index in [1.807, 2.05) is 47.1 Å². The Labute approximate surface area is 221 Å². The molecule has 192 valence electrons. The van der Waals surface area contributed by atoms with Crippen LogP contribution >= 0.6 is 0 Å². The predicted octanol–water partition coefficient (Wildman–Crippen LogP) is 3.78. The van der Waals surface area contributed by atoms with Gasteiger partial charge in [0.1, 0.15) is 6.04 Å². The van der Waals surface area contributed by atoms with Crippen LogP contribution in [0.3, 0.4) is 0 Å². The summed E-state index contributed by atoms with van der Waals surface area (Å²) in [6.07, 6.45) is 0. The van der Waals surface area contributed by atoms with Crippen molar-refractivity contribution in [3.8, 4) is 0 Å². The summed E-state index contributed by atoms with van der Waals surface area (Å²) in [7, 11) is 0. The fourth-order valence-electron chi connectivity index (χ4n) is 5.34. The molecular weight excluding hydrogens is 474 g/mol. The lowest BCUT2D eigenvalue weighted by Crippen LogP contribution is -2.48. The van der Waals surface area contributed by atoms with Crippen LogP contribution in [0.2, 0.25) is 0 Å². The van der Waals surface area contributed by atoms with E-state index >= 15 is 0 Å². The molecule has 0 bridgehead atoms. The van der Waals surface area contributed by atoms with Crippen LogP contribution in [0.1, 0.15) is 34.1 Å². The van der Waals surface area contributed by atoms with Crippen molar-refractivity contribution in [2.24, 2.45) is 0 Å². The van der Waals surface area contributed by atoms with Gasteiger partial charge in [0.2, 0.25) is 0 Å². The minimum absolute atomic E-state index is 0.104. The number of hydrogen-bond acceptors (Lipinski definition) is 6. The summed E-state index contributed by atoms with van der Waals surface area (Å²) in [6.45, 7) is 6.93. The number of aromatic amines is 1. The molecule has 0 radical (unpaired) electrons. The number of nitrogens with one attached hydrogen (secondary N) is 1. The van der Waals surface area contributed by atoms with Crippen molar-refractivity contribution in [3.05, 3.63) is 123 Å².